The molecule has 28 heavy (non-hydrogen) atoms. The smallest absolute Gasteiger partial charge is 0.338 e. The van der Waals surface area contributed by atoms with E-state index in [0.29, 0.717) is 22.4 Å². The summed E-state index contributed by atoms with van der Waals surface area (Å²) in [5.41, 5.74) is 0.578. The van der Waals surface area contributed by atoms with E-state index in [4.69, 9.17) is 13.9 Å². The van der Waals surface area contributed by atoms with Gasteiger partial charge in [-0.3, -0.25) is 0 Å². The predicted molar refractivity (Wildman–Crippen MR) is 104 cm³/mol. The third-order valence-electron chi connectivity index (χ3n) is 5.51. The van der Waals surface area contributed by atoms with Crippen molar-refractivity contribution in [1.29, 1.82) is 0 Å². The van der Waals surface area contributed by atoms with Crippen LogP contribution in [0.4, 0.5) is 5.69 Å². The molecule has 0 radical (unpaired) electrons. The molecule has 0 unspecified atom stereocenters. The maximum absolute atomic E-state index is 12.0. The summed E-state index contributed by atoms with van der Waals surface area (Å²) in [5, 5.41) is 31.8. The highest BCUT2D eigenvalue weighted by atomic mass is 16.6. The third kappa shape index (κ3) is 3.21. The van der Waals surface area contributed by atoms with Crippen molar-refractivity contribution in [3.63, 3.8) is 0 Å². The minimum absolute atomic E-state index is 0.388. The van der Waals surface area contributed by atoms with Gasteiger partial charge in [0.05, 0.1) is 12.3 Å². The molecule has 1 aliphatic rings. The number of hydrogen-bond acceptors (Lipinski definition) is 8. The zero-order valence-electron chi connectivity index (χ0n) is 16.7. The summed E-state index contributed by atoms with van der Waals surface area (Å²) in [6, 6.07) is 4.98. The maximum Gasteiger partial charge on any atom is 0.338 e. The lowest BCUT2D eigenvalue weighted by atomic mass is 9.83. The van der Waals surface area contributed by atoms with Crippen molar-refractivity contribution >= 4 is 16.7 Å². The number of rotatable bonds is 4. The van der Waals surface area contributed by atoms with Crippen LogP contribution in [0.25, 0.3) is 11.0 Å². The Morgan fingerprint density at radius 1 is 1.25 bits per heavy atom. The first-order chi connectivity index (χ1) is 13.1. The molecule has 2 heterocycles. The predicted octanol–water partition coefficient (Wildman–Crippen LogP) is 0.727. The van der Waals surface area contributed by atoms with Gasteiger partial charge in [0.25, 0.3) is 0 Å². The molecule has 3 rings (SSSR count). The second-order valence-electron chi connectivity index (χ2n) is 7.65. The number of anilines is 1. The lowest BCUT2D eigenvalue weighted by molar-refractivity contribution is -0.279. The van der Waals surface area contributed by atoms with E-state index in [9.17, 15) is 20.1 Å². The Labute approximate surface area is 162 Å². The number of hydrogen-bond donors (Lipinski definition) is 3. The fourth-order valence-corrected chi connectivity index (χ4v) is 3.95. The highest BCUT2D eigenvalue weighted by Crippen LogP contribution is 2.41. The second-order valence-corrected chi connectivity index (χ2v) is 7.65. The largest absolute Gasteiger partial charge is 0.422 e. The van der Waals surface area contributed by atoms with Crippen molar-refractivity contribution < 1.29 is 29.2 Å². The van der Waals surface area contributed by atoms with Crippen LogP contribution in [0.5, 0.6) is 0 Å². The molecule has 0 amide bonds. The fraction of sp³-hybridized carbons (Fsp3) is 0.550. The standard InChI is InChI=1S/C20H27NO7/c1-10-11(6-7-12-13(21(3)4)8-14(23)27-17(10)12)18-15(24)16(25)19(26-5)20(2,9-22)28-18/h6-8,15-16,18-19,22,24-25H,9H2,1-5H3/t15-,16-,18+,19-,20-/m1/s1. The van der Waals surface area contributed by atoms with Gasteiger partial charge < -0.3 is 34.1 Å². The molecule has 8 heteroatoms. The molecule has 1 aromatic heterocycles. The number of benzene rings is 1. The van der Waals surface area contributed by atoms with Crippen molar-refractivity contribution in [1.82, 2.24) is 0 Å². The van der Waals surface area contributed by atoms with Crippen molar-refractivity contribution in [3.8, 4) is 0 Å². The Bertz CT molecular complexity index is 925. The van der Waals surface area contributed by atoms with Crippen molar-refractivity contribution in [3.05, 3.63) is 39.7 Å². The molecule has 5 atom stereocenters. The first kappa shape index (κ1) is 20.8. The first-order valence-corrected chi connectivity index (χ1v) is 9.07. The summed E-state index contributed by atoms with van der Waals surface area (Å²) in [4.78, 5) is 13.9. The molecule has 1 fully saturated rings. The molecule has 0 saturated carbocycles. The summed E-state index contributed by atoms with van der Waals surface area (Å²) >= 11 is 0. The van der Waals surface area contributed by atoms with Gasteiger partial charge >= 0.3 is 5.63 Å². The minimum atomic E-state index is -1.29. The number of aliphatic hydroxyl groups is 3. The molecular weight excluding hydrogens is 366 g/mol. The van der Waals surface area contributed by atoms with Crippen LogP contribution in [0.2, 0.25) is 0 Å². The Morgan fingerprint density at radius 2 is 1.93 bits per heavy atom. The van der Waals surface area contributed by atoms with Crippen LogP contribution < -0.4 is 10.5 Å². The fourth-order valence-electron chi connectivity index (χ4n) is 3.95. The number of ether oxygens (including phenoxy) is 2. The normalized spacial score (nSPS) is 30.6. The van der Waals surface area contributed by atoms with Gasteiger partial charge in [-0.15, -0.1) is 0 Å². The molecule has 1 aromatic carbocycles. The zero-order valence-corrected chi connectivity index (χ0v) is 16.7. The lowest BCUT2D eigenvalue weighted by Gasteiger charge is -2.48. The number of aliphatic hydroxyl groups excluding tert-OH is 3. The van der Waals surface area contributed by atoms with E-state index in [1.54, 1.807) is 26.0 Å². The van der Waals surface area contributed by atoms with Crippen molar-refractivity contribution in [2.45, 2.75) is 43.9 Å². The van der Waals surface area contributed by atoms with Crippen LogP contribution >= 0.6 is 0 Å². The van der Waals surface area contributed by atoms with Crippen molar-refractivity contribution in [2.24, 2.45) is 0 Å². The Hall–Kier alpha value is -1.97. The van der Waals surface area contributed by atoms with Gasteiger partial charge in [0.15, 0.2) is 0 Å². The minimum Gasteiger partial charge on any atom is -0.422 e. The van der Waals surface area contributed by atoms with Crippen LogP contribution in [0, 0.1) is 6.92 Å². The Balaban J connectivity index is 2.16. The van der Waals surface area contributed by atoms with Gasteiger partial charge in [-0.1, -0.05) is 6.07 Å². The van der Waals surface area contributed by atoms with Gasteiger partial charge in [-0.2, -0.15) is 0 Å². The van der Waals surface area contributed by atoms with Crippen LogP contribution in [-0.4, -0.2) is 67.0 Å². The molecule has 8 nitrogen and oxygen atoms in total. The number of fused-ring (bicyclic) bond motifs is 1. The maximum atomic E-state index is 12.0. The molecule has 3 N–H and O–H groups in total. The first-order valence-electron chi connectivity index (χ1n) is 9.07. The Morgan fingerprint density at radius 3 is 2.50 bits per heavy atom. The molecule has 0 bridgehead atoms. The van der Waals surface area contributed by atoms with Crippen LogP contribution in [0.1, 0.15) is 24.2 Å². The van der Waals surface area contributed by atoms with Gasteiger partial charge in [-0.25, -0.2) is 4.79 Å². The monoisotopic (exact) mass is 393 g/mol. The molecular formula is C20H27NO7. The molecule has 1 saturated heterocycles. The van der Waals surface area contributed by atoms with Gasteiger partial charge in [0, 0.05) is 32.7 Å². The van der Waals surface area contributed by atoms with E-state index < -0.39 is 42.2 Å². The number of methoxy groups -OCH3 is 1. The summed E-state index contributed by atoms with van der Waals surface area (Å²) in [6.45, 7) is 2.98. The highest BCUT2D eigenvalue weighted by Gasteiger charge is 2.52. The van der Waals surface area contributed by atoms with E-state index in [1.807, 2.05) is 19.0 Å². The van der Waals surface area contributed by atoms with Crippen molar-refractivity contribution in [2.75, 3.05) is 32.7 Å². The molecule has 0 aliphatic carbocycles. The SMILES string of the molecule is CO[C@@H]1[C@H](O)[C@@H](O)[C@H](c2ccc3c(N(C)C)cc(=O)oc3c2C)O[C@]1(C)CO. The van der Waals surface area contributed by atoms with Gasteiger partial charge in [-0.05, 0) is 31.0 Å². The van der Waals surface area contributed by atoms with Crippen LogP contribution in [-0.2, 0) is 9.47 Å². The lowest BCUT2D eigenvalue weighted by Crippen LogP contribution is -2.62. The quantitative estimate of drug-likeness (QED) is 0.652. The highest BCUT2D eigenvalue weighted by molar-refractivity contribution is 5.92. The van der Waals surface area contributed by atoms with Crippen LogP contribution in [0.15, 0.2) is 27.4 Å². The van der Waals surface area contributed by atoms with E-state index in [-0.39, 0.29) is 0 Å². The van der Waals surface area contributed by atoms with Crippen LogP contribution in [0.3, 0.4) is 0 Å². The average molecular weight is 393 g/mol. The summed E-state index contributed by atoms with van der Waals surface area (Å²) in [5.74, 6) is 0. The van der Waals surface area contributed by atoms with Gasteiger partial charge in [0.1, 0.15) is 35.6 Å². The van der Waals surface area contributed by atoms with E-state index in [1.165, 1.54) is 13.2 Å². The van der Waals surface area contributed by atoms with E-state index in [2.05, 4.69) is 0 Å². The van der Waals surface area contributed by atoms with E-state index in [0.717, 1.165) is 5.39 Å². The van der Waals surface area contributed by atoms with E-state index >= 15 is 0 Å². The zero-order chi connectivity index (χ0) is 20.8. The number of nitrogens with zero attached hydrogens (tertiary/aromatic N) is 1. The van der Waals surface area contributed by atoms with Gasteiger partial charge in [0.2, 0.25) is 0 Å². The summed E-state index contributed by atoms with van der Waals surface area (Å²) < 4.78 is 16.7. The topological polar surface area (TPSA) is 113 Å². The third-order valence-corrected chi connectivity index (χ3v) is 5.51. The summed E-state index contributed by atoms with van der Waals surface area (Å²) in [6.07, 6.45) is -4.39. The molecule has 0 spiro atoms. The Kier molecular flexibility index (Phi) is 5.53. The number of aryl methyl sites for hydroxylation is 1. The average Bonchev–Trinajstić information content (AvgIpc) is 2.65. The molecule has 154 valence electrons. The molecule has 1 aliphatic heterocycles. The second kappa shape index (κ2) is 7.46. The summed E-state index contributed by atoms with van der Waals surface area (Å²) in [7, 11) is 5.05. The molecule has 2 aromatic rings.